The van der Waals surface area contributed by atoms with Crippen LogP contribution in [0.4, 0.5) is 0 Å². The average Bonchev–Trinajstić information content (AvgIpc) is 2.74. The van der Waals surface area contributed by atoms with Gasteiger partial charge < -0.3 is 4.74 Å². The summed E-state index contributed by atoms with van der Waals surface area (Å²) >= 11 is 0. The molecule has 0 spiro atoms. The lowest BCUT2D eigenvalue weighted by Gasteiger charge is -2.15. The normalized spacial score (nSPS) is 22.0. The van der Waals surface area contributed by atoms with Crippen molar-refractivity contribution in [2.45, 2.75) is 57.8 Å². The van der Waals surface area contributed by atoms with E-state index in [1.165, 1.54) is 25.7 Å². The van der Waals surface area contributed by atoms with Crippen molar-refractivity contribution in [2.24, 2.45) is 0 Å². The molecule has 0 radical (unpaired) electrons. The predicted molar refractivity (Wildman–Crippen MR) is 60.3 cm³/mol. The summed E-state index contributed by atoms with van der Waals surface area (Å²) in [5.74, 6) is 0. The van der Waals surface area contributed by atoms with Crippen LogP contribution < -0.4 is 5.56 Å². The highest BCUT2D eigenvalue weighted by molar-refractivity contribution is 5.19. The fourth-order valence-electron chi connectivity index (χ4n) is 2.83. The summed E-state index contributed by atoms with van der Waals surface area (Å²) < 4.78 is 7.12. The maximum absolute atomic E-state index is 12.1. The molecule has 4 nitrogen and oxygen atoms in total. The lowest BCUT2D eigenvalue weighted by Crippen LogP contribution is -2.24. The molecule has 4 heteroatoms. The number of aromatic nitrogens is 2. The molecule has 0 atom stereocenters. The second-order valence-electron chi connectivity index (χ2n) is 4.88. The minimum absolute atomic E-state index is 0.152. The summed E-state index contributed by atoms with van der Waals surface area (Å²) in [5, 5.41) is 3.24. The molecule has 1 saturated carbocycles. The van der Waals surface area contributed by atoms with Gasteiger partial charge in [-0.05, 0) is 12.8 Å². The first-order valence-electron chi connectivity index (χ1n) is 6.26. The third-order valence-electron chi connectivity index (χ3n) is 3.78. The monoisotopic (exact) mass is 222 g/mol. The third kappa shape index (κ3) is 1.61. The summed E-state index contributed by atoms with van der Waals surface area (Å²) in [5.41, 5.74) is 2.00. The first-order chi connectivity index (χ1) is 7.86. The molecule has 1 N–H and O–H groups in total. The molecule has 1 aliphatic carbocycles. The Morgan fingerprint density at radius 1 is 1.12 bits per heavy atom. The molecule has 0 saturated heterocycles. The van der Waals surface area contributed by atoms with Crippen LogP contribution >= 0.6 is 0 Å². The largest absolute Gasteiger partial charge is 0.370 e. The second kappa shape index (κ2) is 4.09. The molecule has 1 aromatic rings. The third-order valence-corrected chi connectivity index (χ3v) is 3.78. The molecule has 2 aliphatic rings. The molecule has 1 aromatic heterocycles. The van der Waals surface area contributed by atoms with Gasteiger partial charge in [0.05, 0.1) is 30.5 Å². The lowest BCUT2D eigenvalue weighted by atomic mass is 10.1. The first kappa shape index (κ1) is 10.1. The summed E-state index contributed by atoms with van der Waals surface area (Å²) in [4.78, 5) is 12.1. The van der Waals surface area contributed by atoms with Crippen molar-refractivity contribution in [1.29, 1.82) is 0 Å². The summed E-state index contributed by atoms with van der Waals surface area (Å²) in [7, 11) is 0. The van der Waals surface area contributed by atoms with Crippen molar-refractivity contribution in [3.8, 4) is 0 Å². The zero-order valence-electron chi connectivity index (χ0n) is 9.50. The second-order valence-corrected chi connectivity index (χ2v) is 4.88. The van der Waals surface area contributed by atoms with E-state index in [0.29, 0.717) is 19.3 Å². The molecule has 2 heterocycles. The highest BCUT2D eigenvalue weighted by Crippen LogP contribution is 2.26. The van der Waals surface area contributed by atoms with Gasteiger partial charge in [-0.25, -0.2) is 4.68 Å². The van der Waals surface area contributed by atoms with E-state index in [1.807, 2.05) is 4.68 Å². The van der Waals surface area contributed by atoms with Crippen LogP contribution in [0.1, 0.15) is 55.8 Å². The van der Waals surface area contributed by atoms with Gasteiger partial charge in [0.2, 0.25) is 0 Å². The highest BCUT2D eigenvalue weighted by Gasteiger charge is 2.24. The number of ether oxygens (including phenoxy) is 1. The standard InChI is InChI=1S/C12H18N2O2/c15-12-10-7-16-8-11(10)13-14(12)9-5-3-1-2-4-6-9/h9,13H,1-8H2. The Morgan fingerprint density at radius 3 is 2.56 bits per heavy atom. The summed E-state index contributed by atoms with van der Waals surface area (Å²) in [6.07, 6.45) is 7.40. The molecule has 3 rings (SSSR count). The van der Waals surface area contributed by atoms with E-state index in [9.17, 15) is 4.79 Å². The summed E-state index contributed by atoms with van der Waals surface area (Å²) in [6, 6.07) is 0.389. The molecule has 0 bridgehead atoms. The van der Waals surface area contributed by atoms with Crippen LogP contribution in [0.3, 0.4) is 0 Å². The Hall–Kier alpha value is -1.03. The number of rotatable bonds is 1. The highest BCUT2D eigenvalue weighted by atomic mass is 16.5. The van der Waals surface area contributed by atoms with Crippen LogP contribution in [-0.2, 0) is 18.0 Å². The van der Waals surface area contributed by atoms with Crippen LogP contribution in [-0.4, -0.2) is 9.78 Å². The van der Waals surface area contributed by atoms with Crippen LogP contribution in [0.2, 0.25) is 0 Å². The molecule has 0 aromatic carbocycles. The molecule has 88 valence electrons. The Morgan fingerprint density at radius 2 is 1.88 bits per heavy atom. The number of aromatic amines is 1. The molecular formula is C12H18N2O2. The van der Waals surface area contributed by atoms with E-state index < -0.39 is 0 Å². The average molecular weight is 222 g/mol. The number of nitrogens with one attached hydrogen (secondary N) is 1. The van der Waals surface area contributed by atoms with Crippen LogP contribution in [0, 0.1) is 0 Å². The molecule has 0 unspecified atom stereocenters. The fraction of sp³-hybridized carbons (Fsp3) is 0.750. The van der Waals surface area contributed by atoms with Crippen molar-refractivity contribution in [1.82, 2.24) is 9.78 Å². The van der Waals surface area contributed by atoms with Crippen molar-refractivity contribution < 1.29 is 4.74 Å². The Labute approximate surface area is 94.6 Å². The summed E-state index contributed by atoms with van der Waals surface area (Å²) in [6.45, 7) is 1.06. The van der Waals surface area contributed by atoms with E-state index in [-0.39, 0.29) is 5.56 Å². The minimum Gasteiger partial charge on any atom is -0.370 e. The van der Waals surface area contributed by atoms with Gasteiger partial charge in [0, 0.05) is 0 Å². The van der Waals surface area contributed by atoms with Crippen LogP contribution in [0.25, 0.3) is 0 Å². The SMILES string of the molecule is O=c1c2c([nH]n1C1CCCCCC1)COC2. The molecule has 0 amide bonds. The van der Waals surface area contributed by atoms with E-state index in [0.717, 1.165) is 24.1 Å². The van der Waals surface area contributed by atoms with E-state index in [4.69, 9.17) is 4.74 Å². The molecule has 16 heavy (non-hydrogen) atoms. The number of fused-ring (bicyclic) bond motifs is 1. The van der Waals surface area contributed by atoms with E-state index in [1.54, 1.807) is 0 Å². The lowest BCUT2D eigenvalue weighted by molar-refractivity contribution is 0.129. The number of hydrogen-bond acceptors (Lipinski definition) is 2. The first-order valence-corrected chi connectivity index (χ1v) is 6.26. The van der Waals surface area contributed by atoms with Crippen LogP contribution in [0.5, 0.6) is 0 Å². The topological polar surface area (TPSA) is 47.0 Å². The van der Waals surface area contributed by atoms with Crippen molar-refractivity contribution in [2.75, 3.05) is 0 Å². The van der Waals surface area contributed by atoms with Crippen molar-refractivity contribution in [3.05, 3.63) is 21.6 Å². The smallest absolute Gasteiger partial charge is 0.272 e. The number of H-pyrrole nitrogens is 1. The maximum Gasteiger partial charge on any atom is 0.272 e. The van der Waals surface area contributed by atoms with Gasteiger partial charge in [-0.15, -0.1) is 0 Å². The Kier molecular flexibility index (Phi) is 2.59. The Balaban J connectivity index is 1.91. The minimum atomic E-state index is 0.152. The van der Waals surface area contributed by atoms with Crippen LogP contribution in [0.15, 0.2) is 4.79 Å². The van der Waals surface area contributed by atoms with Crippen molar-refractivity contribution >= 4 is 0 Å². The van der Waals surface area contributed by atoms with E-state index >= 15 is 0 Å². The Bertz CT molecular complexity index is 425. The quantitative estimate of drug-likeness (QED) is 0.740. The van der Waals surface area contributed by atoms with Crippen molar-refractivity contribution in [3.63, 3.8) is 0 Å². The van der Waals surface area contributed by atoms with E-state index in [2.05, 4.69) is 5.10 Å². The zero-order chi connectivity index (χ0) is 11.0. The van der Waals surface area contributed by atoms with Gasteiger partial charge >= 0.3 is 0 Å². The molecule has 1 fully saturated rings. The maximum atomic E-state index is 12.1. The zero-order valence-corrected chi connectivity index (χ0v) is 9.50. The van der Waals surface area contributed by atoms with Gasteiger partial charge in [-0.3, -0.25) is 9.89 Å². The van der Waals surface area contributed by atoms with Gasteiger partial charge in [0.1, 0.15) is 0 Å². The molecular weight excluding hydrogens is 204 g/mol. The predicted octanol–water partition coefficient (Wildman–Crippen LogP) is 2.10. The number of nitrogens with zero attached hydrogens (tertiary/aromatic N) is 1. The van der Waals surface area contributed by atoms with Gasteiger partial charge in [-0.2, -0.15) is 0 Å². The van der Waals surface area contributed by atoms with Gasteiger partial charge in [0.25, 0.3) is 5.56 Å². The molecule has 1 aliphatic heterocycles. The van der Waals surface area contributed by atoms with Gasteiger partial charge in [0.15, 0.2) is 0 Å². The number of hydrogen-bond donors (Lipinski definition) is 1. The van der Waals surface area contributed by atoms with Gasteiger partial charge in [-0.1, -0.05) is 25.7 Å². The fourth-order valence-corrected chi connectivity index (χ4v) is 2.83.